The smallest absolute Gasteiger partial charge is 0.353 e. The molecule has 2 atom stereocenters. The predicted molar refractivity (Wildman–Crippen MR) is 138 cm³/mol. The largest absolute Gasteiger partial charge is 0.477 e. The number of hydrogen-bond acceptors (Lipinski definition) is 12. The number of aromatic nitrogens is 4. The molecule has 1 saturated heterocycles. The molecule has 2 aliphatic heterocycles. The van der Waals surface area contributed by atoms with Gasteiger partial charge in [0.25, 0.3) is 11.8 Å². The zero-order chi connectivity index (χ0) is 25.9. The summed E-state index contributed by atoms with van der Waals surface area (Å²) in [7, 11) is 0. The van der Waals surface area contributed by atoms with Gasteiger partial charge in [0.05, 0.1) is 17.3 Å². The summed E-state index contributed by atoms with van der Waals surface area (Å²) in [5.41, 5.74) is 5.92. The van der Waals surface area contributed by atoms with Gasteiger partial charge in [-0.05, 0) is 38.5 Å². The van der Waals surface area contributed by atoms with Gasteiger partial charge < -0.3 is 21.0 Å². The first kappa shape index (κ1) is 25.5. The van der Waals surface area contributed by atoms with E-state index >= 15 is 0 Å². The number of nitrogens with one attached hydrogen (secondary N) is 2. The lowest BCUT2D eigenvalue weighted by molar-refractivity contribution is -0.155. The van der Waals surface area contributed by atoms with Crippen molar-refractivity contribution >= 4 is 63.5 Å². The molecule has 1 aliphatic carbocycles. The van der Waals surface area contributed by atoms with Crippen LogP contribution in [0.5, 0.6) is 0 Å². The third kappa shape index (κ3) is 5.45. The Morgan fingerprint density at radius 2 is 2.14 bits per heavy atom. The van der Waals surface area contributed by atoms with Gasteiger partial charge in [0, 0.05) is 10.3 Å². The summed E-state index contributed by atoms with van der Waals surface area (Å²) in [6, 6.07) is -1.34. The Kier molecular flexibility index (Phi) is 7.66. The minimum Gasteiger partial charge on any atom is -0.477 e. The molecule has 3 aliphatic rings. The van der Waals surface area contributed by atoms with E-state index in [0.717, 1.165) is 25.7 Å². The number of nitrogen functional groups attached to an aromatic ring is 1. The summed E-state index contributed by atoms with van der Waals surface area (Å²) < 4.78 is 0. The number of thioether (sulfide) groups is 2. The van der Waals surface area contributed by atoms with Gasteiger partial charge in [-0.1, -0.05) is 22.1 Å². The van der Waals surface area contributed by atoms with E-state index in [1.54, 1.807) is 11.6 Å². The summed E-state index contributed by atoms with van der Waals surface area (Å²) in [5.74, 6) is -2.28. The van der Waals surface area contributed by atoms with Crippen molar-refractivity contribution in [3.05, 3.63) is 27.9 Å². The van der Waals surface area contributed by atoms with Crippen molar-refractivity contribution in [2.45, 2.75) is 61.7 Å². The van der Waals surface area contributed by atoms with Crippen LogP contribution in [-0.4, -0.2) is 77.2 Å². The number of aromatic amines is 1. The van der Waals surface area contributed by atoms with Crippen LogP contribution in [0.2, 0.25) is 0 Å². The Morgan fingerprint density at radius 3 is 2.81 bits per heavy atom. The summed E-state index contributed by atoms with van der Waals surface area (Å²) in [6.07, 6.45) is 6.36. The summed E-state index contributed by atoms with van der Waals surface area (Å²) in [5, 5.41) is 29.9. The first-order valence-electron chi connectivity index (χ1n) is 11.6. The first-order chi connectivity index (χ1) is 17.9. The zero-order valence-electron chi connectivity index (χ0n) is 19.5. The molecule has 0 bridgehead atoms. The predicted octanol–water partition coefficient (Wildman–Crippen LogP) is 1.78. The lowest BCUT2D eigenvalue weighted by atomic mass is 9.86. The standard InChI is InChI=1S/C21H24N8O5S3/c22-21-24-11(8-35-21)15(27-34-10-3-1-2-4-10)18(30)25-16-12-5-6-13(17(20(32)33)29(12)19(16)31)36-9-37-14-7-23-28-26-14/h7-8,10,12,16H,1-6,9H2,(H2,22,24)(H,25,30)(H,32,33)(H,23,26,28)/b27-15-/t12-,16+/m1/s1. The molecule has 2 amide bonds. The lowest BCUT2D eigenvalue weighted by Gasteiger charge is -2.50. The molecule has 5 N–H and O–H groups in total. The number of fused-ring (bicyclic) bond motifs is 1. The average molecular weight is 565 g/mol. The van der Waals surface area contributed by atoms with E-state index in [1.807, 2.05) is 0 Å². The van der Waals surface area contributed by atoms with E-state index < -0.39 is 29.9 Å². The minimum absolute atomic E-state index is 0.0387. The molecule has 0 radical (unpaired) electrons. The van der Waals surface area contributed by atoms with E-state index in [4.69, 9.17) is 10.6 Å². The van der Waals surface area contributed by atoms with Gasteiger partial charge in [-0.2, -0.15) is 0 Å². The Balaban J connectivity index is 1.27. The number of carboxylic acid groups (broad SMARTS) is 1. The van der Waals surface area contributed by atoms with Crippen LogP contribution in [0.1, 0.15) is 44.2 Å². The number of carboxylic acids is 1. The lowest BCUT2D eigenvalue weighted by Crippen LogP contribution is -2.72. The first-order valence-corrected chi connectivity index (χ1v) is 14.4. The number of carbonyl (C=O) groups is 3. The third-order valence-corrected chi connectivity index (χ3v) is 9.15. The highest BCUT2D eigenvalue weighted by Gasteiger charge is 2.53. The van der Waals surface area contributed by atoms with Gasteiger partial charge in [0.15, 0.2) is 10.8 Å². The van der Waals surface area contributed by atoms with E-state index in [9.17, 15) is 19.5 Å². The van der Waals surface area contributed by atoms with Crippen molar-refractivity contribution in [1.82, 2.24) is 30.6 Å². The second-order valence-electron chi connectivity index (χ2n) is 8.58. The number of thiazole rings is 1. The summed E-state index contributed by atoms with van der Waals surface area (Å²) >= 11 is 3.93. The van der Waals surface area contributed by atoms with E-state index in [1.165, 1.54) is 39.8 Å². The number of anilines is 1. The van der Waals surface area contributed by atoms with Crippen molar-refractivity contribution in [1.29, 1.82) is 0 Å². The quantitative estimate of drug-likeness (QED) is 0.108. The maximum absolute atomic E-state index is 13.2. The Morgan fingerprint density at radius 1 is 1.32 bits per heavy atom. The summed E-state index contributed by atoms with van der Waals surface area (Å²) in [6.45, 7) is 0. The molecule has 13 nitrogen and oxygen atoms in total. The van der Waals surface area contributed by atoms with Gasteiger partial charge in [-0.3, -0.25) is 19.6 Å². The van der Waals surface area contributed by atoms with Crippen molar-refractivity contribution in [2.24, 2.45) is 5.16 Å². The number of hydrogen-bond donors (Lipinski definition) is 4. The van der Waals surface area contributed by atoms with Gasteiger partial charge in [-0.25, -0.2) is 9.78 Å². The maximum atomic E-state index is 13.2. The van der Waals surface area contributed by atoms with E-state index in [2.05, 4.69) is 30.9 Å². The number of nitrogens with two attached hydrogens (primary N) is 1. The van der Waals surface area contributed by atoms with E-state index in [0.29, 0.717) is 27.9 Å². The highest BCUT2D eigenvalue weighted by molar-refractivity contribution is 8.17. The Labute approximate surface area is 223 Å². The van der Waals surface area contributed by atoms with Crippen molar-refractivity contribution in [3.63, 3.8) is 0 Å². The topological polar surface area (TPSA) is 189 Å². The second-order valence-corrected chi connectivity index (χ2v) is 11.9. The highest BCUT2D eigenvalue weighted by Crippen LogP contribution is 2.42. The molecule has 2 aromatic rings. The Hall–Kier alpha value is -3.11. The number of carbonyl (C=O) groups excluding carboxylic acids is 2. The van der Waals surface area contributed by atoms with Crippen LogP contribution in [0.3, 0.4) is 0 Å². The monoisotopic (exact) mass is 564 g/mol. The molecule has 2 aromatic heterocycles. The fourth-order valence-electron chi connectivity index (χ4n) is 4.52. The van der Waals surface area contributed by atoms with Gasteiger partial charge in [0.2, 0.25) is 0 Å². The molecule has 196 valence electrons. The van der Waals surface area contributed by atoms with Crippen LogP contribution in [0.25, 0.3) is 0 Å². The Bertz CT molecular complexity index is 1240. The zero-order valence-corrected chi connectivity index (χ0v) is 21.9. The molecule has 16 heteroatoms. The van der Waals surface area contributed by atoms with Crippen molar-refractivity contribution in [2.75, 3.05) is 10.8 Å². The normalized spacial score (nSPS) is 22.1. The fourth-order valence-corrected chi connectivity index (χ4v) is 7.18. The number of nitrogens with zero attached hydrogens (tertiary/aromatic N) is 5. The molecule has 0 spiro atoms. The van der Waals surface area contributed by atoms with Crippen LogP contribution in [0.4, 0.5) is 5.13 Å². The van der Waals surface area contributed by atoms with Crippen molar-refractivity contribution < 1.29 is 24.3 Å². The molecule has 4 heterocycles. The number of aliphatic carboxylic acids is 1. The van der Waals surface area contributed by atoms with Gasteiger partial charge in [-0.15, -0.1) is 28.2 Å². The molecule has 37 heavy (non-hydrogen) atoms. The average Bonchev–Trinajstić information content (AvgIpc) is 3.66. The molecule has 0 aromatic carbocycles. The fraction of sp³-hybridized carbons (Fsp3) is 0.476. The van der Waals surface area contributed by atoms with Crippen LogP contribution in [-0.2, 0) is 19.2 Å². The molecular formula is C21H24N8O5S3. The number of amides is 2. The number of β-lactam (4-membered cyclic amide) rings is 1. The van der Waals surface area contributed by atoms with Crippen LogP contribution in [0.15, 0.2) is 32.4 Å². The van der Waals surface area contributed by atoms with Crippen LogP contribution < -0.4 is 11.1 Å². The molecule has 0 unspecified atom stereocenters. The van der Waals surface area contributed by atoms with E-state index in [-0.39, 0.29) is 28.3 Å². The second kappa shape index (κ2) is 11.1. The van der Waals surface area contributed by atoms with Gasteiger partial charge >= 0.3 is 5.97 Å². The molecule has 1 saturated carbocycles. The SMILES string of the molecule is Nc1nc(/C(=N/OC2CCCC2)C(=O)N[C@@H]2C(=O)N3C(C(=O)O)=C(SCSc4c[nH]nn4)CC[C@H]23)cs1. The minimum atomic E-state index is -1.18. The number of allylic oxidation sites excluding steroid dienone is 1. The third-order valence-electron chi connectivity index (χ3n) is 6.29. The van der Waals surface area contributed by atoms with Gasteiger partial charge in [0.1, 0.15) is 28.6 Å². The number of H-pyrrole nitrogens is 1. The van der Waals surface area contributed by atoms with Crippen molar-refractivity contribution in [3.8, 4) is 0 Å². The highest BCUT2D eigenvalue weighted by atomic mass is 32.2. The summed E-state index contributed by atoms with van der Waals surface area (Å²) in [4.78, 5) is 50.0. The maximum Gasteiger partial charge on any atom is 0.353 e. The molecular weight excluding hydrogens is 540 g/mol. The number of rotatable bonds is 10. The molecule has 2 fully saturated rings. The van der Waals surface area contributed by atoms with Crippen LogP contribution in [0, 0.1) is 0 Å². The number of oxime groups is 1. The molecule has 5 rings (SSSR count). The van der Waals surface area contributed by atoms with Crippen LogP contribution >= 0.6 is 34.9 Å².